The second-order valence-electron chi connectivity index (χ2n) is 7.16. The molecular weight excluding hydrogens is 457 g/mol. The van der Waals surface area contributed by atoms with Crippen LogP contribution in [0.15, 0.2) is 23.3 Å². The van der Waals surface area contributed by atoms with E-state index in [0.717, 1.165) is 43.6 Å². The van der Waals surface area contributed by atoms with Crippen molar-refractivity contribution in [2.24, 2.45) is 4.99 Å². The van der Waals surface area contributed by atoms with Crippen LogP contribution in [-0.4, -0.2) is 62.5 Å². The molecular formula is C19H34IN5O2. The van der Waals surface area contributed by atoms with Crippen molar-refractivity contribution >= 4 is 35.8 Å². The topological polar surface area (TPSA) is 71.0 Å². The highest BCUT2D eigenvalue weighted by atomic mass is 127. The Morgan fingerprint density at radius 1 is 1.44 bits per heavy atom. The van der Waals surface area contributed by atoms with Gasteiger partial charge in [-0.25, -0.2) is 9.98 Å². The molecule has 1 aliphatic heterocycles. The van der Waals surface area contributed by atoms with E-state index in [-0.39, 0.29) is 35.7 Å². The van der Waals surface area contributed by atoms with E-state index in [4.69, 9.17) is 14.5 Å². The standard InChI is InChI=1S/C19H33N5O2.HI/c1-6-20-18(23-14-19(3,4)25-5)22-12-16-7-8-21-17(11-16)24-9-10-26-15(2)13-24;/h7-8,11,15H,6,9-10,12-14H2,1-5H3,(H2,20,22,23);1H. The zero-order valence-corrected chi connectivity index (χ0v) is 19.4. The number of guanidine groups is 1. The highest BCUT2D eigenvalue weighted by Gasteiger charge is 2.18. The Kier molecular flexibility index (Phi) is 10.3. The summed E-state index contributed by atoms with van der Waals surface area (Å²) in [6, 6.07) is 4.13. The number of rotatable bonds is 7. The Balaban J connectivity index is 0.00000364. The van der Waals surface area contributed by atoms with Crippen molar-refractivity contribution in [3.05, 3.63) is 23.9 Å². The second kappa shape index (κ2) is 11.7. The number of morpholine rings is 1. The number of pyridine rings is 1. The number of hydrogen-bond acceptors (Lipinski definition) is 5. The molecule has 0 spiro atoms. The van der Waals surface area contributed by atoms with Crippen LogP contribution in [0.2, 0.25) is 0 Å². The number of hydrogen-bond donors (Lipinski definition) is 2. The summed E-state index contributed by atoms with van der Waals surface area (Å²) in [4.78, 5) is 11.5. The van der Waals surface area contributed by atoms with Gasteiger partial charge in [0, 0.05) is 39.5 Å². The average molecular weight is 491 g/mol. The van der Waals surface area contributed by atoms with E-state index in [1.807, 2.05) is 26.1 Å². The fraction of sp³-hybridized carbons (Fsp3) is 0.684. The maximum atomic E-state index is 5.61. The molecule has 2 heterocycles. The quantitative estimate of drug-likeness (QED) is 0.347. The number of aliphatic imine (C=N–C) groups is 1. The summed E-state index contributed by atoms with van der Waals surface area (Å²) >= 11 is 0. The van der Waals surface area contributed by atoms with Crippen LogP contribution in [0.3, 0.4) is 0 Å². The molecule has 8 heteroatoms. The minimum atomic E-state index is -0.243. The summed E-state index contributed by atoms with van der Waals surface area (Å²) < 4.78 is 11.1. The van der Waals surface area contributed by atoms with Gasteiger partial charge in [-0.05, 0) is 45.4 Å². The lowest BCUT2D eigenvalue weighted by atomic mass is 10.1. The lowest BCUT2D eigenvalue weighted by molar-refractivity contribution is 0.0268. The zero-order chi connectivity index (χ0) is 19.0. The molecule has 154 valence electrons. The molecule has 0 bridgehead atoms. The molecule has 1 fully saturated rings. The van der Waals surface area contributed by atoms with E-state index in [2.05, 4.69) is 40.4 Å². The van der Waals surface area contributed by atoms with Crippen molar-refractivity contribution in [1.29, 1.82) is 0 Å². The molecule has 0 aliphatic carbocycles. The SMILES string of the molecule is CCNC(=NCc1ccnc(N2CCOC(C)C2)c1)NCC(C)(C)OC.I. The predicted octanol–water partition coefficient (Wildman–Crippen LogP) is 2.40. The summed E-state index contributed by atoms with van der Waals surface area (Å²) in [7, 11) is 1.72. The summed E-state index contributed by atoms with van der Waals surface area (Å²) in [6.07, 6.45) is 2.09. The van der Waals surface area contributed by atoms with Gasteiger partial charge < -0.3 is 25.0 Å². The molecule has 2 N–H and O–H groups in total. The molecule has 2 rings (SSSR count). The fourth-order valence-electron chi connectivity index (χ4n) is 2.64. The van der Waals surface area contributed by atoms with E-state index in [0.29, 0.717) is 13.1 Å². The largest absolute Gasteiger partial charge is 0.377 e. The van der Waals surface area contributed by atoms with Gasteiger partial charge in [0.05, 0.1) is 24.9 Å². The van der Waals surface area contributed by atoms with Crippen LogP contribution in [-0.2, 0) is 16.0 Å². The molecule has 1 aromatic heterocycles. The maximum absolute atomic E-state index is 5.61. The van der Waals surface area contributed by atoms with Crippen molar-refractivity contribution in [3.8, 4) is 0 Å². The van der Waals surface area contributed by atoms with Gasteiger partial charge in [0.1, 0.15) is 5.82 Å². The number of nitrogens with zero attached hydrogens (tertiary/aromatic N) is 3. The molecule has 27 heavy (non-hydrogen) atoms. The number of ether oxygens (including phenoxy) is 2. The normalized spacial score (nSPS) is 18.0. The van der Waals surface area contributed by atoms with Crippen molar-refractivity contribution in [3.63, 3.8) is 0 Å². The summed E-state index contributed by atoms with van der Waals surface area (Å²) in [6.45, 7) is 12.8. The van der Waals surface area contributed by atoms with Gasteiger partial charge in [-0.3, -0.25) is 0 Å². The minimum absolute atomic E-state index is 0. The van der Waals surface area contributed by atoms with Gasteiger partial charge in [0.15, 0.2) is 5.96 Å². The van der Waals surface area contributed by atoms with E-state index < -0.39 is 0 Å². The van der Waals surface area contributed by atoms with Crippen LogP contribution in [0, 0.1) is 0 Å². The molecule has 0 saturated carbocycles. The van der Waals surface area contributed by atoms with E-state index in [9.17, 15) is 0 Å². The van der Waals surface area contributed by atoms with Gasteiger partial charge in [-0.1, -0.05) is 0 Å². The van der Waals surface area contributed by atoms with Crippen LogP contribution >= 0.6 is 24.0 Å². The van der Waals surface area contributed by atoms with Crippen molar-refractivity contribution < 1.29 is 9.47 Å². The van der Waals surface area contributed by atoms with E-state index in [1.54, 1.807) is 7.11 Å². The van der Waals surface area contributed by atoms with Crippen LogP contribution < -0.4 is 15.5 Å². The first-order chi connectivity index (χ1) is 12.4. The first-order valence-corrected chi connectivity index (χ1v) is 9.32. The molecule has 0 amide bonds. The molecule has 1 aromatic rings. The monoisotopic (exact) mass is 491 g/mol. The highest BCUT2D eigenvalue weighted by molar-refractivity contribution is 14.0. The Morgan fingerprint density at radius 3 is 2.89 bits per heavy atom. The van der Waals surface area contributed by atoms with Crippen LogP contribution in [0.4, 0.5) is 5.82 Å². The molecule has 1 saturated heterocycles. The second-order valence-corrected chi connectivity index (χ2v) is 7.16. The predicted molar refractivity (Wildman–Crippen MR) is 121 cm³/mol. The van der Waals surface area contributed by atoms with Crippen LogP contribution in [0.5, 0.6) is 0 Å². The molecule has 0 radical (unpaired) electrons. The van der Waals surface area contributed by atoms with E-state index >= 15 is 0 Å². The number of halogens is 1. The third-order valence-electron chi connectivity index (χ3n) is 4.37. The fourth-order valence-corrected chi connectivity index (χ4v) is 2.64. The Morgan fingerprint density at radius 2 is 2.22 bits per heavy atom. The smallest absolute Gasteiger partial charge is 0.191 e. The molecule has 1 unspecified atom stereocenters. The molecule has 1 atom stereocenters. The van der Waals surface area contributed by atoms with Crippen LogP contribution in [0.1, 0.15) is 33.3 Å². The summed E-state index contributed by atoms with van der Waals surface area (Å²) in [5, 5.41) is 6.61. The average Bonchev–Trinajstić information content (AvgIpc) is 2.64. The maximum Gasteiger partial charge on any atom is 0.191 e. The highest BCUT2D eigenvalue weighted by Crippen LogP contribution is 2.17. The third-order valence-corrected chi connectivity index (χ3v) is 4.37. The van der Waals surface area contributed by atoms with Crippen LogP contribution in [0.25, 0.3) is 0 Å². The van der Waals surface area contributed by atoms with Gasteiger partial charge in [-0.2, -0.15) is 0 Å². The lowest BCUT2D eigenvalue weighted by Crippen LogP contribution is -2.45. The zero-order valence-electron chi connectivity index (χ0n) is 17.1. The van der Waals surface area contributed by atoms with Gasteiger partial charge in [-0.15, -0.1) is 24.0 Å². The Hall–Kier alpha value is -1.13. The third kappa shape index (κ3) is 8.18. The van der Waals surface area contributed by atoms with Crippen molar-refractivity contribution in [2.45, 2.75) is 45.9 Å². The molecule has 1 aliphatic rings. The summed E-state index contributed by atoms with van der Waals surface area (Å²) in [5.41, 5.74) is 0.893. The number of aromatic nitrogens is 1. The van der Waals surface area contributed by atoms with Gasteiger partial charge >= 0.3 is 0 Å². The number of anilines is 1. The first kappa shape index (κ1) is 23.9. The Bertz CT molecular complexity index is 597. The Labute approximate surface area is 180 Å². The number of methoxy groups -OCH3 is 1. The van der Waals surface area contributed by atoms with E-state index in [1.165, 1.54) is 0 Å². The minimum Gasteiger partial charge on any atom is -0.377 e. The number of nitrogens with one attached hydrogen (secondary N) is 2. The molecule has 0 aromatic carbocycles. The van der Waals surface area contributed by atoms with Gasteiger partial charge in [0.25, 0.3) is 0 Å². The van der Waals surface area contributed by atoms with Gasteiger partial charge in [0.2, 0.25) is 0 Å². The molecule has 7 nitrogen and oxygen atoms in total. The first-order valence-electron chi connectivity index (χ1n) is 9.32. The summed E-state index contributed by atoms with van der Waals surface area (Å²) in [5.74, 6) is 1.78. The van der Waals surface area contributed by atoms with Crippen molar-refractivity contribution in [2.75, 3.05) is 44.8 Å². The lowest BCUT2D eigenvalue weighted by Gasteiger charge is -2.32. The van der Waals surface area contributed by atoms with Crippen molar-refractivity contribution in [1.82, 2.24) is 15.6 Å².